The first-order valence-corrected chi connectivity index (χ1v) is 6.61. The van der Waals surface area contributed by atoms with Crippen molar-refractivity contribution in [2.45, 2.75) is 26.2 Å². The Kier molecular flexibility index (Phi) is 4.06. The number of carbonyl (C=O) groups is 2. The average Bonchev–Trinajstić information content (AvgIpc) is 2.37. The predicted octanol–water partition coefficient (Wildman–Crippen LogP) is 2.24. The number of hydrogen-bond donors (Lipinski definition) is 1. The van der Waals surface area contributed by atoms with Crippen LogP contribution in [0.25, 0.3) is 0 Å². The molecule has 1 fully saturated rings. The molecule has 1 aromatic rings. The van der Waals surface area contributed by atoms with Crippen LogP contribution in [0.4, 0.5) is 4.39 Å². The third-order valence-corrected chi connectivity index (χ3v) is 3.73. The van der Waals surface area contributed by atoms with Crippen molar-refractivity contribution in [1.29, 1.82) is 0 Å². The zero-order valence-electron chi connectivity index (χ0n) is 11.8. The van der Waals surface area contributed by atoms with E-state index in [1.807, 2.05) is 13.8 Å². The van der Waals surface area contributed by atoms with E-state index in [1.54, 1.807) is 6.07 Å². The molecule has 1 N–H and O–H groups in total. The molecule has 1 saturated heterocycles. The van der Waals surface area contributed by atoms with E-state index < -0.39 is 5.82 Å². The van der Waals surface area contributed by atoms with Gasteiger partial charge in [-0.25, -0.2) is 4.39 Å². The molecule has 2 unspecified atom stereocenters. The second-order valence-electron chi connectivity index (χ2n) is 5.39. The number of methoxy groups -OCH3 is 1. The topological polar surface area (TPSA) is 55.4 Å². The van der Waals surface area contributed by atoms with Crippen molar-refractivity contribution in [3.8, 4) is 5.75 Å². The molecule has 1 heterocycles. The largest absolute Gasteiger partial charge is 0.494 e. The van der Waals surface area contributed by atoms with Gasteiger partial charge in [-0.05, 0) is 23.6 Å². The molecule has 0 bridgehead atoms. The summed E-state index contributed by atoms with van der Waals surface area (Å²) in [6.07, 6.45) is 0.195. The minimum atomic E-state index is -0.481. The van der Waals surface area contributed by atoms with Crippen molar-refractivity contribution in [2.75, 3.05) is 7.11 Å². The van der Waals surface area contributed by atoms with Gasteiger partial charge in [0.25, 0.3) is 0 Å². The molecule has 2 atom stereocenters. The Morgan fingerprint density at radius 3 is 2.60 bits per heavy atom. The van der Waals surface area contributed by atoms with Gasteiger partial charge >= 0.3 is 0 Å². The van der Waals surface area contributed by atoms with Crippen LogP contribution >= 0.6 is 0 Å². The monoisotopic (exact) mass is 279 g/mol. The molecule has 20 heavy (non-hydrogen) atoms. The molecule has 1 aliphatic rings. The lowest BCUT2D eigenvalue weighted by Gasteiger charge is -2.33. The molecule has 0 saturated carbocycles. The second kappa shape index (κ2) is 5.61. The summed E-state index contributed by atoms with van der Waals surface area (Å²) in [4.78, 5) is 23.6. The Balaban J connectivity index is 2.39. The number of amides is 2. The molecule has 2 amide bonds. The van der Waals surface area contributed by atoms with Crippen molar-refractivity contribution < 1.29 is 18.7 Å². The van der Waals surface area contributed by atoms with E-state index in [0.717, 1.165) is 0 Å². The number of ether oxygens (including phenoxy) is 1. The molecular weight excluding hydrogens is 261 g/mol. The Hall–Kier alpha value is -1.91. The number of benzene rings is 1. The fourth-order valence-corrected chi connectivity index (χ4v) is 2.79. The zero-order valence-corrected chi connectivity index (χ0v) is 11.8. The van der Waals surface area contributed by atoms with Gasteiger partial charge in [-0.2, -0.15) is 0 Å². The lowest BCUT2D eigenvalue weighted by Crippen LogP contribution is -2.46. The van der Waals surface area contributed by atoms with Crippen LogP contribution in [0.1, 0.15) is 31.7 Å². The van der Waals surface area contributed by atoms with E-state index >= 15 is 0 Å². The summed E-state index contributed by atoms with van der Waals surface area (Å²) in [5.74, 6) is -1.48. The summed E-state index contributed by atoms with van der Waals surface area (Å²) >= 11 is 0. The average molecular weight is 279 g/mol. The van der Waals surface area contributed by atoms with E-state index in [4.69, 9.17) is 4.74 Å². The molecule has 1 aliphatic heterocycles. The van der Waals surface area contributed by atoms with Crippen LogP contribution in [-0.4, -0.2) is 18.9 Å². The third-order valence-electron chi connectivity index (χ3n) is 3.73. The first-order chi connectivity index (χ1) is 9.43. The van der Waals surface area contributed by atoms with Crippen LogP contribution in [-0.2, 0) is 9.59 Å². The number of rotatable bonds is 3. The highest BCUT2D eigenvalue weighted by molar-refractivity contribution is 6.00. The first kappa shape index (κ1) is 14.5. The normalized spacial score (nSPS) is 22.9. The van der Waals surface area contributed by atoms with Crippen LogP contribution in [0.2, 0.25) is 0 Å². The summed E-state index contributed by atoms with van der Waals surface area (Å²) in [5, 5.41) is 2.35. The zero-order chi connectivity index (χ0) is 14.9. The highest BCUT2D eigenvalue weighted by atomic mass is 19.1. The second-order valence-corrected chi connectivity index (χ2v) is 5.39. The highest BCUT2D eigenvalue weighted by Crippen LogP contribution is 2.37. The van der Waals surface area contributed by atoms with E-state index in [9.17, 15) is 14.0 Å². The number of piperidine rings is 1. The maximum absolute atomic E-state index is 13.8. The first-order valence-electron chi connectivity index (χ1n) is 6.61. The minimum absolute atomic E-state index is 0.0678. The summed E-state index contributed by atoms with van der Waals surface area (Å²) < 4.78 is 18.7. The van der Waals surface area contributed by atoms with E-state index in [0.29, 0.717) is 5.56 Å². The van der Waals surface area contributed by atoms with Gasteiger partial charge in [0.1, 0.15) is 0 Å². The molecule has 0 aliphatic carbocycles. The molecule has 0 aromatic heterocycles. The number of hydrogen-bond acceptors (Lipinski definition) is 3. The van der Waals surface area contributed by atoms with Gasteiger partial charge in [0.2, 0.25) is 11.8 Å². The quantitative estimate of drug-likeness (QED) is 0.863. The van der Waals surface area contributed by atoms with Crippen molar-refractivity contribution >= 4 is 11.8 Å². The Bertz CT molecular complexity index is 542. The fraction of sp³-hybridized carbons (Fsp3) is 0.467. The Morgan fingerprint density at radius 2 is 2.05 bits per heavy atom. The van der Waals surface area contributed by atoms with Gasteiger partial charge in [-0.3, -0.25) is 14.9 Å². The molecule has 1 aromatic carbocycles. The number of imide groups is 1. The van der Waals surface area contributed by atoms with Crippen LogP contribution in [0.5, 0.6) is 5.75 Å². The van der Waals surface area contributed by atoms with E-state index in [2.05, 4.69) is 5.32 Å². The minimum Gasteiger partial charge on any atom is -0.494 e. The number of halogens is 1. The van der Waals surface area contributed by atoms with Gasteiger partial charge in [0.05, 0.1) is 7.11 Å². The lowest BCUT2D eigenvalue weighted by molar-refractivity contribution is -0.138. The fourth-order valence-electron chi connectivity index (χ4n) is 2.79. The molecule has 4 nitrogen and oxygen atoms in total. The van der Waals surface area contributed by atoms with Gasteiger partial charge in [0.15, 0.2) is 11.6 Å². The van der Waals surface area contributed by atoms with Crippen molar-refractivity contribution in [1.82, 2.24) is 5.32 Å². The lowest BCUT2D eigenvalue weighted by atomic mass is 9.74. The van der Waals surface area contributed by atoms with Gasteiger partial charge in [0, 0.05) is 18.3 Å². The van der Waals surface area contributed by atoms with Gasteiger partial charge < -0.3 is 4.74 Å². The van der Waals surface area contributed by atoms with Crippen LogP contribution in [0, 0.1) is 17.7 Å². The van der Waals surface area contributed by atoms with Gasteiger partial charge in [-0.15, -0.1) is 0 Å². The predicted molar refractivity (Wildman–Crippen MR) is 71.8 cm³/mol. The molecule has 2 rings (SSSR count). The molecule has 0 radical (unpaired) electrons. The maximum atomic E-state index is 13.8. The summed E-state index contributed by atoms with van der Waals surface area (Å²) in [7, 11) is 1.40. The SMILES string of the molecule is COc1ccc(C2CC(=O)NC(=O)C2C(C)C)cc1F. The van der Waals surface area contributed by atoms with E-state index in [-0.39, 0.29) is 41.7 Å². The number of nitrogens with one attached hydrogen (secondary N) is 1. The Labute approximate surface area is 117 Å². The standard InChI is InChI=1S/C15H18FNO3/c1-8(2)14-10(7-13(18)17-15(14)19)9-4-5-12(20-3)11(16)6-9/h4-6,8,10,14H,7H2,1-3H3,(H,17,18,19). The van der Waals surface area contributed by atoms with Crippen LogP contribution in [0.3, 0.4) is 0 Å². The van der Waals surface area contributed by atoms with Crippen molar-refractivity contribution in [3.05, 3.63) is 29.6 Å². The molecule has 108 valence electrons. The Morgan fingerprint density at radius 1 is 1.35 bits per heavy atom. The summed E-state index contributed by atoms with van der Waals surface area (Å²) in [5.41, 5.74) is 0.658. The van der Waals surface area contributed by atoms with Crippen LogP contribution in [0.15, 0.2) is 18.2 Å². The van der Waals surface area contributed by atoms with E-state index in [1.165, 1.54) is 19.2 Å². The third kappa shape index (κ3) is 2.66. The highest BCUT2D eigenvalue weighted by Gasteiger charge is 2.38. The molecular formula is C15H18FNO3. The van der Waals surface area contributed by atoms with Gasteiger partial charge in [-0.1, -0.05) is 19.9 Å². The summed E-state index contributed by atoms with van der Waals surface area (Å²) in [6, 6.07) is 4.59. The maximum Gasteiger partial charge on any atom is 0.230 e. The molecule has 0 spiro atoms. The summed E-state index contributed by atoms with van der Waals surface area (Å²) in [6.45, 7) is 3.85. The van der Waals surface area contributed by atoms with Crippen LogP contribution < -0.4 is 10.1 Å². The number of carbonyl (C=O) groups excluding carboxylic acids is 2. The smallest absolute Gasteiger partial charge is 0.230 e. The van der Waals surface area contributed by atoms with Crippen molar-refractivity contribution in [2.24, 2.45) is 11.8 Å². The van der Waals surface area contributed by atoms with Crippen molar-refractivity contribution in [3.63, 3.8) is 0 Å². The molecule has 5 heteroatoms.